The molecular formula is C16H24N2. The van der Waals surface area contributed by atoms with Gasteiger partial charge >= 0.3 is 0 Å². The van der Waals surface area contributed by atoms with Crippen molar-refractivity contribution in [1.82, 2.24) is 0 Å². The zero-order valence-corrected chi connectivity index (χ0v) is 11.4. The molecule has 0 aliphatic heterocycles. The van der Waals surface area contributed by atoms with Crippen LogP contribution in [0.25, 0.3) is 0 Å². The number of anilines is 1. The molecule has 2 unspecified atom stereocenters. The second kappa shape index (κ2) is 4.93. The molecule has 0 saturated heterocycles. The lowest BCUT2D eigenvalue weighted by Gasteiger charge is -2.37. The third-order valence-electron chi connectivity index (χ3n) is 4.77. The topological polar surface area (TPSA) is 29.3 Å². The second-order valence-electron chi connectivity index (χ2n) is 5.93. The molecule has 0 amide bonds. The van der Waals surface area contributed by atoms with Gasteiger partial charge in [-0.1, -0.05) is 18.9 Å². The largest absolute Gasteiger partial charge is 0.370 e. The number of aryl methyl sites for hydroxylation is 2. The van der Waals surface area contributed by atoms with Crippen molar-refractivity contribution in [2.24, 2.45) is 5.73 Å². The molecule has 2 N–H and O–H groups in total. The highest BCUT2D eigenvalue weighted by molar-refractivity contribution is 5.52. The molecule has 98 valence electrons. The van der Waals surface area contributed by atoms with Crippen LogP contribution in [0.15, 0.2) is 18.2 Å². The van der Waals surface area contributed by atoms with Gasteiger partial charge in [0, 0.05) is 24.8 Å². The van der Waals surface area contributed by atoms with E-state index in [1.165, 1.54) is 50.6 Å². The fraction of sp³-hybridized carbons (Fsp3) is 0.625. The summed E-state index contributed by atoms with van der Waals surface area (Å²) in [5.74, 6) is 0. The van der Waals surface area contributed by atoms with Gasteiger partial charge in [0.1, 0.15) is 0 Å². The summed E-state index contributed by atoms with van der Waals surface area (Å²) in [6.45, 7) is 0. The van der Waals surface area contributed by atoms with Crippen molar-refractivity contribution in [2.45, 2.75) is 57.0 Å². The molecule has 0 bridgehead atoms. The van der Waals surface area contributed by atoms with E-state index in [4.69, 9.17) is 5.73 Å². The Balaban J connectivity index is 1.81. The van der Waals surface area contributed by atoms with Gasteiger partial charge in [0.25, 0.3) is 0 Å². The molecular weight excluding hydrogens is 220 g/mol. The van der Waals surface area contributed by atoms with E-state index in [0.29, 0.717) is 12.1 Å². The number of nitrogens with zero attached hydrogens (tertiary/aromatic N) is 1. The first-order chi connectivity index (χ1) is 8.75. The maximum atomic E-state index is 6.29. The Bertz CT molecular complexity index is 427. The first-order valence-electron chi connectivity index (χ1n) is 7.36. The molecule has 18 heavy (non-hydrogen) atoms. The van der Waals surface area contributed by atoms with E-state index < -0.39 is 0 Å². The molecule has 2 atom stereocenters. The molecule has 1 aromatic rings. The number of rotatable bonds is 2. The van der Waals surface area contributed by atoms with E-state index in [2.05, 4.69) is 30.1 Å². The van der Waals surface area contributed by atoms with Gasteiger partial charge in [-0.15, -0.1) is 0 Å². The Kier molecular flexibility index (Phi) is 3.29. The third kappa shape index (κ3) is 2.14. The van der Waals surface area contributed by atoms with Crippen LogP contribution in [0.3, 0.4) is 0 Å². The quantitative estimate of drug-likeness (QED) is 0.866. The minimum atomic E-state index is 0.344. The molecule has 0 spiro atoms. The van der Waals surface area contributed by atoms with Crippen LogP contribution in [0.5, 0.6) is 0 Å². The average molecular weight is 244 g/mol. The maximum absolute atomic E-state index is 6.29. The molecule has 0 heterocycles. The van der Waals surface area contributed by atoms with E-state index in [-0.39, 0.29) is 0 Å². The molecule has 2 aliphatic rings. The van der Waals surface area contributed by atoms with Crippen molar-refractivity contribution in [3.05, 3.63) is 29.3 Å². The fourth-order valence-electron chi connectivity index (χ4n) is 3.59. The molecule has 1 aromatic carbocycles. The smallest absolute Gasteiger partial charge is 0.0437 e. The summed E-state index contributed by atoms with van der Waals surface area (Å²) < 4.78 is 0. The van der Waals surface area contributed by atoms with E-state index in [9.17, 15) is 0 Å². The minimum absolute atomic E-state index is 0.344. The molecule has 0 aromatic heterocycles. The van der Waals surface area contributed by atoms with Gasteiger partial charge < -0.3 is 10.6 Å². The van der Waals surface area contributed by atoms with Crippen LogP contribution in [0.2, 0.25) is 0 Å². The predicted octanol–water partition coefficient (Wildman–Crippen LogP) is 2.88. The highest BCUT2D eigenvalue weighted by Crippen LogP contribution is 2.30. The van der Waals surface area contributed by atoms with Crippen LogP contribution in [-0.4, -0.2) is 19.1 Å². The fourth-order valence-corrected chi connectivity index (χ4v) is 3.59. The lowest BCUT2D eigenvalue weighted by atomic mass is 9.89. The zero-order chi connectivity index (χ0) is 12.5. The summed E-state index contributed by atoms with van der Waals surface area (Å²) in [5, 5.41) is 0. The highest BCUT2D eigenvalue weighted by atomic mass is 15.2. The zero-order valence-electron chi connectivity index (χ0n) is 11.4. The predicted molar refractivity (Wildman–Crippen MR) is 77.1 cm³/mol. The van der Waals surface area contributed by atoms with Crippen molar-refractivity contribution in [3.8, 4) is 0 Å². The van der Waals surface area contributed by atoms with Crippen LogP contribution in [-0.2, 0) is 12.8 Å². The standard InChI is InChI=1S/C16H24N2/c1-18(16-8-3-2-7-15(16)17)14-10-9-12-5-4-6-13(12)11-14/h9-11,15-16H,2-8,17H2,1H3. The van der Waals surface area contributed by atoms with Crippen molar-refractivity contribution >= 4 is 5.69 Å². The average Bonchev–Trinajstić information content (AvgIpc) is 2.85. The molecule has 2 heteroatoms. The van der Waals surface area contributed by atoms with Crippen molar-refractivity contribution in [2.75, 3.05) is 11.9 Å². The normalized spacial score (nSPS) is 27.0. The Morgan fingerprint density at radius 2 is 1.83 bits per heavy atom. The highest BCUT2D eigenvalue weighted by Gasteiger charge is 2.26. The van der Waals surface area contributed by atoms with Gasteiger partial charge in [0.15, 0.2) is 0 Å². The number of hydrogen-bond donors (Lipinski definition) is 1. The number of benzene rings is 1. The van der Waals surface area contributed by atoms with Gasteiger partial charge in [0.05, 0.1) is 0 Å². The van der Waals surface area contributed by atoms with Gasteiger partial charge in [-0.3, -0.25) is 0 Å². The third-order valence-corrected chi connectivity index (χ3v) is 4.77. The molecule has 2 aliphatic carbocycles. The number of likely N-dealkylation sites (N-methyl/N-ethyl adjacent to an activating group) is 1. The van der Waals surface area contributed by atoms with Crippen LogP contribution in [0, 0.1) is 0 Å². The van der Waals surface area contributed by atoms with Crippen LogP contribution < -0.4 is 10.6 Å². The molecule has 3 rings (SSSR count). The van der Waals surface area contributed by atoms with Crippen molar-refractivity contribution in [3.63, 3.8) is 0 Å². The van der Waals surface area contributed by atoms with Gasteiger partial charge in [-0.05, 0) is 55.4 Å². The lowest BCUT2D eigenvalue weighted by Crippen LogP contribution is -2.48. The van der Waals surface area contributed by atoms with Crippen LogP contribution in [0.4, 0.5) is 5.69 Å². The van der Waals surface area contributed by atoms with E-state index in [1.54, 1.807) is 11.1 Å². The van der Waals surface area contributed by atoms with E-state index in [0.717, 1.165) is 0 Å². The van der Waals surface area contributed by atoms with Gasteiger partial charge in [-0.25, -0.2) is 0 Å². The summed E-state index contributed by atoms with van der Waals surface area (Å²) in [5.41, 5.74) is 10.8. The van der Waals surface area contributed by atoms with Crippen LogP contribution >= 0.6 is 0 Å². The molecule has 1 fully saturated rings. The Hall–Kier alpha value is -1.02. The number of fused-ring (bicyclic) bond motifs is 1. The Morgan fingerprint density at radius 3 is 2.67 bits per heavy atom. The first-order valence-corrected chi connectivity index (χ1v) is 7.36. The van der Waals surface area contributed by atoms with Gasteiger partial charge in [0.2, 0.25) is 0 Å². The summed E-state index contributed by atoms with van der Waals surface area (Å²) in [4.78, 5) is 2.42. The number of nitrogens with two attached hydrogens (primary N) is 1. The van der Waals surface area contributed by atoms with Crippen molar-refractivity contribution in [1.29, 1.82) is 0 Å². The summed E-state index contributed by atoms with van der Waals surface area (Å²) in [6, 6.07) is 7.87. The number of hydrogen-bond acceptors (Lipinski definition) is 2. The maximum Gasteiger partial charge on any atom is 0.0437 e. The van der Waals surface area contributed by atoms with E-state index >= 15 is 0 Å². The first kappa shape index (κ1) is 12.0. The Labute approximate surface area is 110 Å². The van der Waals surface area contributed by atoms with E-state index in [1.807, 2.05) is 0 Å². The minimum Gasteiger partial charge on any atom is -0.370 e. The SMILES string of the molecule is CN(c1ccc2c(c1)CCC2)C1CCCCC1N. The monoisotopic (exact) mass is 244 g/mol. The van der Waals surface area contributed by atoms with Gasteiger partial charge in [-0.2, -0.15) is 0 Å². The molecule has 1 saturated carbocycles. The Morgan fingerprint density at radius 1 is 1.06 bits per heavy atom. The molecule has 0 radical (unpaired) electrons. The lowest BCUT2D eigenvalue weighted by molar-refractivity contribution is 0.373. The summed E-state index contributed by atoms with van der Waals surface area (Å²) >= 11 is 0. The van der Waals surface area contributed by atoms with Crippen LogP contribution in [0.1, 0.15) is 43.2 Å². The van der Waals surface area contributed by atoms with Crippen molar-refractivity contribution < 1.29 is 0 Å². The summed E-state index contributed by atoms with van der Waals surface area (Å²) in [6.07, 6.45) is 8.90. The molecule has 2 nitrogen and oxygen atoms in total. The summed E-state index contributed by atoms with van der Waals surface area (Å²) in [7, 11) is 2.21. The second-order valence-corrected chi connectivity index (χ2v) is 5.93.